The van der Waals surface area contributed by atoms with E-state index in [1.165, 1.54) is 0 Å². The van der Waals surface area contributed by atoms with Crippen molar-refractivity contribution in [2.75, 3.05) is 14.2 Å². The molecule has 0 amide bonds. The molecule has 0 aliphatic heterocycles. The molecule has 0 saturated carbocycles. The number of allylic oxidation sites excluding steroid dienone is 1. The van der Waals surface area contributed by atoms with Gasteiger partial charge in [-0.3, -0.25) is 0 Å². The maximum atomic E-state index is 5.28. The summed E-state index contributed by atoms with van der Waals surface area (Å²) in [6.45, 7) is 2.04. The van der Waals surface area contributed by atoms with Crippen molar-refractivity contribution in [3.8, 4) is 11.5 Å². The summed E-state index contributed by atoms with van der Waals surface area (Å²) in [6, 6.07) is 16.1. The van der Waals surface area contributed by atoms with E-state index in [1.54, 1.807) is 14.2 Å². The molecule has 19 heavy (non-hydrogen) atoms. The highest BCUT2D eigenvalue weighted by atomic mass is 16.5. The Labute approximate surface area is 114 Å². The molecule has 0 fully saturated rings. The number of methoxy groups -OCH3 is 2. The van der Waals surface area contributed by atoms with Gasteiger partial charge in [0.2, 0.25) is 0 Å². The van der Waals surface area contributed by atoms with Crippen LogP contribution in [0.4, 0.5) is 0 Å². The van der Waals surface area contributed by atoms with E-state index in [0.717, 1.165) is 28.2 Å². The molecule has 0 saturated heterocycles. The third kappa shape index (κ3) is 2.97. The minimum absolute atomic E-state index is 0.861. The van der Waals surface area contributed by atoms with Crippen molar-refractivity contribution < 1.29 is 9.47 Å². The van der Waals surface area contributed by atoms with Gasteiger partial charge in [0.15, 0.2) is 0 Å². The lowest BCUT2D eigenvalue weighted by atomic mass is 9.97. The Bertz CT molecular complexity index is 536. The molecule has 0 atom stereocenters. The zero-order valence-corrected chi connectivity index (χ0v) is 11.5. The first-order valence-corrected chi connectivity index (χ1v) is 6.23. The summed E-state index contributed by atoms with van der Waals surface area (Å²) in [6.07, 6.45) is 2.10. The quantitative estimate of drug-likeness (QED) is 0.815. The van der Waals surface area contributed by atoms with Gasteiger partial charge in [-0.15, -0.1) is 0 Å². The largest absolute Gasteiger partial charge is 0.497 e. The maximum Gasteiger partial charge on any atom is 0.119 e. The zero-order chi connectivity index (χ0) is 13.7. The predicted molar refractivity (Wildman–Crippen MR) is 78.7 cm³/mol. The minimum Gasteiger partial charge on any atom is -0.497 e. The lowest BCUT2D eigenvalue weighted by Gasteiger charge is -2.10. The predicted octanol–water partition coefficient (Wildman–Crippen LogP) is 4.16. The summed E-state index contributed by atoms with van der Waals surface area (Å²) in [4.78, 5) is 0. The van der Waals surface area contributed by atoms with E-state index < -0.39 is 0 Å². The second-order valence-electron chi connectivity index (χ2n) is 4.17. The van der Waals surface area contributed by atoms with Gasteiger partial charge in [-0.05, 0) is 47.9 Å². The van der Waals surface area contributed by atoms with Gasteiger partial charge >= 0.3 is 0 Å². The van der Waals surface area contributed by atoms with Crippen molar-refractivity contribution >= 4 is 5.57 Å². The Morgan fingerprint density at radius 1 is 0.842 bits per heavy atom. The van der Waals surface area contributed by atoms with Crippen LogP contribution in [0.5, 0.6) is 11.5 Å². The van der Waals surface area contributed by atoms with Gasteiger partial charge in [0, 0.05) is 0 Å². The Morgan fingerprint density at radius 2 is 1.32 bits per heavy atom. The SMILES string of the molecule is CC=C(c1cccc(OC)c1)c1cccc(OC)c1. The van der Waals surface area contributed by atoms with Gasteiger partial charge in [0.25, 0.3) is 0 Å². The Balaban J connectivity index is 2.44. The van der Waals surface area contributed by atoms with E-state index in [1.807, 2.05) is 43.3 Å². The molecule has 0 unspecified atom stereocenters. The molecular weight excluding hydrogens is 236 g/mol. The molecule has 0 bridgehead atoms. The molecule has 2 rings (SSSR count). The average Bonchev–Trinajstić information content (AvgIpc) is 2.48. The van der Waals surface area contributed by atoms with Crippen molar-refractivity contribution in [2.24, 2.45) is 0 Å². The summed E-state index contributed by atoms with van der Waals surface area (Å²) < 4.78 is 10.6. The number of rotatable bonds is 4. The lowest BCUT2D eigenvalue weighted by Crippen LogP contribution is -1.91. The number of hydrogen-bond acceptors (Lipinski definition) is 2. The smallest absolute Gasteiger partial charge is 0.119 e. The van der Waals surface area contributed by atoms with Crippen molar-refractivity contribution in [3.63, 3.8) is 0 Å². The van der Waals surface area contributed by atoms with Gasteiger partial charge < -0.3 is 9.47 Å². The summed E-state index contributed by atoms with van der Waals surface area (Å²) >= 11 is 0. The third-order valence-corrected chi connectivity index (χ3v) is 3.05. The standard InChI is InChI=1S/C17H18O2/c1-4-17(13-7-5-9-15(11-13)18-2)14-8-6-10-16(12-14)19-3/h4-12H,1-3H3. The first-order chi connectivity index (χ1) is 9.28. The second-order valence-corrected chi connectivity index (χ2v) is 4.17. The van der Waals surface area contributed by atoms with Crippen molar-refractivity contribution in [3.05, 3.63) is 65.7 Å². The van der Waals surface area contributed by atoms with E-state index in [2.05, 4.69) is 18.2 Å². The van der Waals surface area contributed by atoms with Gasteiger partial charge in [-0.1, -0.05) is 30.3 Å². The van der Waals surface area contributed by atoms with Gasteiger partial charge in [-0.25, -0.2) is 0 Å². The molecule has 0 heterocycles. The number of hydrogen-bond donors (Lipinski definition) is 0. The fourth-order valence-electron chi connectivity index (χ4n) is 2.08. The van der Waals surface area contributed by atoms with Gasteiger partial charge in [-0.2, -0.15) is 0 Å². The first kappa shape index (κ1) is 13.2. The second kappa shape index (κ2) is 6.10. The average molecular weight is 254 g/mol. The van der Waals surface area contributed by atoms with E-state index in [9.17, 15) is 0 Å². The maximum absolute atomic E-state index is 5.28. The molecule has 2 heteroatoms. The molecule has 2 nitrogen and oxygen atoms in total. The van der Waals surface area contributed by atoms with Crippen molar-refractivity contribution in [1.82, 2.24) is 0 Å². The van der Waals surface area contributed by atoms with E-state index in [-0.39, 0.29) is 0 Å². The molecule has 0 radical (unpaired) electrons. The van der Waals surface area contributed by atoms with Crippen LogP contribution >= 0.6 is 0 Å². The van der Waals surface area contributed by atoms with Crippen molar-refractivity contribution in [1.29, 1.82) is 0 Å². The molecule has 0 spiro atoms. The van der Waals surface area contributed by atoms with Gasteiger partial charge in [0.1, 0.15) is 11.5 Å². The molecule has 2 aromatic rings. The monoisotopic (exact) mass is 254 g/mol. The van der Waals surface area contributed by atoms with E-state index in [0.29, 0.717) is 0 Å². The normalized spacial score (nSPS) is 9.84. The summed E-state index contributed by atoms with van der Waals surface area (Å²) in [5.74, 6) is 1.72. The molecule has 0 aliphatic rings. The number of ether oxygens (including phenoxy) is 2. The van der Waals surface area contributed by atoms with Crippen LogP contribution in [0.1, 0.15) is 18.1 Å². The Hall–Kier alpha value is -2.22. The minimum atomic E-state index is 0.861. The van der Waals surface area contributed by atoms with Crippen LogP contribution in [0.25, 0.3) is 5.57 Å². The zero-order valence-electron chi connectivity index (χ0n) is 11.5. The van der Waals surface area contributed by atoms with Crippen LogP contribution in [0, 0.1) is 0 Å². The highest BCUT2D eigenvalue weighted by Crippen LogP contribution is 2.28. The topological polar surface area (TPSA) is 18.5 Å². The molecule has 0 aliphatic carbocycles. The van der Waals surface area contributed by atoms with Crippen LogP contribution in [-0.4, -0.2) is 14.2 Å². The Morgan fingerprint density at radius 3 is 1.68 bits per heavy atom. The lowest BCUT2D eigenvalue weighted by molar-refractivity contribution is 0.414. The van der Waals surface area contributed by atoms with Crippen LogP contribution < -0.4 is 9.47 Å². The van der Waals surface area contributed by atoms with E-state index in [4.69, 9.17) is 9.47 Å². The third-order valence-electron chi connectivity index (χ3n) is 3.05. The molecule has 0 N–H and O–H groups in total. The van der Waals surface area contributed by atoms with E-state index >= 15 is 0 Å². The highest BCUT2D eigenvalue weighted by Gasteiger charge is 2.06. The van der Waals surface area contributed by atoms with Crippen LogP contribution in [0.3, 0.4) is 0 Å². The van der Waals surface area contributed by atoms with Crippen LogP contribution in [0.15, 0.2) is 54.6 Å². The summed E-state index contributed by atoms with van der Waals surface area (Å²) in [7, 11) is 3.36. The van der Waals surface area contributed by atoms with Gasteiger partial charge in [0.05, 0.1) is 14.2 Å². The fraction of sp³-hybridized carbons (Fsp3) is 0.176. The Kier molecular flexibility index (Phi) is 4.24. The number of benzene rings is 2. The first-order valence-electron chi connectivity index (χ1n) is 6.23. The molecule has 98 valence electrons. The van der Waals surface area contributed by atoms with Crippen LogP contribution in [-0.2, 0) is 0 Å². The van der Waals surface area contributed by atoms with Crippen LogP contribution in [0.2, 0.25) is 0 Å². The summed E-state index contributed by atoms with van der Waals surface area (Å²) in [5.41, 5.74) is 3.43. The van der Waals surface area contributed by atoms with Crippen molar-refractivity contribution in [2.45, 2.75) is 6.92 Å². The molecule has 2 aromatic carbocycles. The summed E-state index contributed by atoms with van der Waals surface area (Å²) in [5, 5.41) is 0. The fourth-order valence-corrected chi connectivity index (χ4v) is 2.08. The molecule has 0 aromatic heterocycles. The highest BCUT2D eigenvalue weighted by molar-refractivity contribution is 5.80. The molecular formula is C17H18O2.